The number of carbonyl (C=O) groups excluding carboxylic acids is 1. The first-order valence-corrected chi connectivity index (χ1v) is 9.88. The highest BCUT2D eigenvalue weighted by molar-refractivity contribution is 7.12. The van der Waals surface area contributed by atoms with Gasteiger partial charge in [0.15, 0.2) is 0 Å². The molecule has 0 spiro atoms. The second-order valence-corrected chi connectivity index (χ2v) is 8.12. The quantitative estimate of drug-likeness (QED) is 0.680. The zero-order chi connectivity index (χ0) is 21.2. The third-order valence-corrected chi connectivity index (χ3v) is 5.88. The van der Waals surface area contributed by atoms with Crippen molar-refractivity contribution < 1.29 is 27.9 Å². The molecule has 2 aromatic rings. The van der Waals surface area contributed by atoms with Gasteiger partial charge in [0.2, 0.25) is 5.91 Å². The van der Waals surface area contributed by atoms with E-state index >= 15 is 0 Å². The molecule has 29 heavy (non-hydrogen) atoms. The van der Waals surface area contributed by atoms with Crippen LogP contribution < -0.4 is 10.6 Å². The van der Waals surface area contributed by atoms with Gasteiger partial charge >= 0.3 is 12.1 Å². The summed E-state index contributed by atoms with van der Waals surface area (Å²) in [6, 6.07) is 6.18. The van der Waals surface area contributed by atoms with Crippen LogP contribution in [0.2, 0.25) is 0 Å². The van der Waals surface area contributed by atoms with Crippen LogP contribution in [0.15, 0.2) is 18.2 Å². The van der Waals surface area contributed by atoms with Crippen molar-refractivity contribution in [3.05, 3.63) is 33.6 Å². The van der Waals surface area contributed by atoms with Gasteiger partial charge in [-0.3, -0.25) is 4.79 Å². The fraction of sp³-hybridized carbons (Fsp3) is 0.421. The molecule has 1 aromatic heterocycles. The Morgan fingerprint density at radius 2 is 1.93 bits per heavy atom. The Morgan fingerprint density at radius 3 is 2.55 bits per heavy atom. The summed E-state index contributed by atoms with van der Waals surface area (Å²) in [4.78, 5) is 26.6. The summed E-state index contributed by atoms with van der Waals surface area (Å²) in [5, 5.41) is 14.7. The van der Waals surface area contributed by atoms with Crippen molar-refractivity contribution in [2.75, 3.05) is 18.4 Å². The van der Waals surface area contributed by atoms with Gasteiger partial charge in [0.05, 0.1) is 17.1 Å². The molecule has 0 atom stereocenters. The number of fused-ring (bicyclic) bond motifs is 1. The van der Waals surface area contributed by atoms with Gasteiger partial charge in [-0.15, -0.1) is 11.3 Å². The predicted octanol–water partition coefficient (Wildman–Crippen LogP) is 3.71. The molecule has 1 amide bonds. The number of nitrogens with one attached hydrogen (secondary N) is 2. The van der Waals surface area contributed by atoms with Gasteiger partial charge in [-0.1, -0.05) is 6.07 Å². The molecule has 0 radical (unpaired) electrons. The van der Waals surface area contributed by atoms with E-state index in [4.69, 9.17) is 14.9 Å². The summed E-state index contributed by atoms with van der Waals surface area (Å²) in [6.45, 7) is 4.32. The van der Waals surface area contributed by atoms with Crippen molar-refractivity contribution in [3.63, 3.8) is 0 Å². The lowest BCUT2D eigenvalue weighted by Crippen LogP contribution is -2.26. The van der Waals surface area contributed by atoms with Crippen molar-refractivity contribution >= 4 is 28.9 Å². The summed E-state index contributed by atoms with van der Waals surface area (Å²) >= 11 is 1.83. The number of hydrogen-bond donors (Lipinski definition) is 3. The number of alkyl halides is 3. The fourth-order valence-corrected chi connectivity index (χ4v) is 4.42. The maximum absolute atomic E-state index is 11.5. The summed E-state index contributed by atoms with van der Waals surface area (Å²) in [5.41, 5.74) is 4.24. The van der Waals surface area contributed by atoms with E-state index in [0.29, 0.717) is 12.3 Å². The number of piperidine rings is 1. The highest BCUT2D eigenvalue weighted by Crippen LogP contribution is 2.36. The van der Waals surface area contributed by atoms with E-state index in [1.807, 2.05) is 17.4 Å². The second kappa shape index (κ2) is 8.50. The van der Waals surface area contributed by atoms with Crippen LogP contribution in [-0.2, 0) is 16.0 Å². The Bertz CT molecular complexity index is 921. The largest absolute Gasteiger partial charge is 0.490 e. The van der Waals surface area contributed by atoms with E-state index in [0.717, 1.165) is 35.6 Å². The molecule has 1 fully saturated rings. The van der Waals surface area contributed by atoms with Crippen LogP contribution in [0.1, 0.15) is 34.2 Å². The Hall–Kier alpha value is -2.46. The van der Waals surface area contributed by atoms with Crippen molar-refractivity contribution in [2.24, 2.45) is 0 Å². The van der Waals surface area contributed by atoms with E-state index < -0.39 is 12.1 Å². The topological polar surface area (TPSA) is 91.3 Å². The number of hydrogen-bond acceptors (Lipinski definition) is 5. The fourth-order valence-electron chi connectivity index (χ4n) is 3.30. The SMILES string of the molecule is Cc1sc(C2CCNCC2)nc1-c1ccc2c(c1)CC(=O)N2.O=C(O)C(F)(F)F. The molecule has 1 saturated heterocycles. The van der Waals surface area contributed by atoms with Crippen LogP contribution in [0.3, 0.4) is 0 Å². The van der Waals surface area contributed by atoms with Gasteiger partial charge in [-0.25, -0.2) is 9.78 Å². The highest BCUT2D eigenvalue weighted by atomic mass is 32.1. The third-order valence-electron chi connectivity index (χ3n) is 4.75. The zero-order valence-corrected chi connectivity index (χ0v) is 16.4. The van der Waals surface area contributed by atoms with Gasteiger partial charge in [0, 0.05) is 22.0 Å². The average molecular weight is 427 g/mol. The molecule has 6 nitrogen and oxygen atoms in total. The van der Waals surface area contributed by atoms with Crippen molar-refractivity contribution in [2.45, 2.75) is 38.3 Å². The highest BCUT2D eigenvalue weighted by Gasteiger charge is 2.38. The van der Waals surface area contributed by atoms with Gasteiger partial charge in [-0.2, -0.15) is 13.2 Å². The van der Waals surface area contributed by atoms with Crippen molar-refractivity contribution in [1.82, 2.24) is 10.3 Å². The minimum atomic E-state index is -5.08. The number of carboxylic acid groups (broad SMARTS) is 1. The van der Waals surface area contributed by atoms with Gasteiger partial charge in [0.1, 0.15) is 0 Å². The number of halogens is 3. The number of carboxylic acids is 1. The van der Waals surface area contributed by atoms with Gasteiger partial charge in [-0.05, 0) is 50.6 Å². The molecule has 2 aliphatic heterocycles. The molecule has 1 aromatic carbocycles. The molecule has 0 aliphatic carbocycles. The molecular weight excluding hydrogens is 407 g/mol. The first-order valence-electron chi connectivity index (χ1n) is 9.06. The molecule has 3 heterocycles. The standard InChI is InChI=1S/C17H19N3OS.C2HF3O2/c1-10-16(20-17(22-10)11-4-6-18-7-5-11)12-2-3-14-13(8-12)9-15(21)19-14;3-2(4,5)1(6)7/h2-3,8,11,18H,4-7,9H2,1H3,(H,19,21);(H,6,7). The molecule has 10 heteroatoms. The normalized spacial score (nSPS) is 16.6. The van der Waals surface area contributed by atoms with Crippen LogP contribution in [-0.4, -0.2) is 41.2 Å². The van der Waals surface area contributed by atoms with Crippen molar-refractivity contribution in [1.29, 1.82) is 0 Å². The number of aryl methyl sites for hydroxylation is 1. The lowest BCUT2D eigenvalue weighted by Gasteiger charge is -2.20. The van der Waals surface area contributed by atoms with Crippen molar-refractivity contribution in [3.8, 4) is 11.3 Å². The lowest BCUT2D eigenvalue weighted by molar-refractivity contribution is -0.192. The molecule has 4 rings (SSSR count). The summed E-state index contributed by atoms with van der Waals surface area (Å²) in [6.07, 6.45) is -2.25. The Balaban J connectivity index is 0.000000298. The van der Waals surface area contributed by atoms with Gasteiger partial charge in [0.25, 0.3) is 0 Å². The molecule has 2 aliphatic rings. The molecule has 0 bridgehead atoms. The average Bonchev–Trinajstić information content (AvgIpc) is 3.23. The first kappa shape index (κ1) is 21.3. The number of carbonyl (C=O) groups is 2. The number of rotatable bonds is 2. The number of aromatic nitrogens is 1. The summed E-state index contributed by atoms with van der Waals surface area (Å²) in [5.74, 6) is -2.08. The smallest absolute Gasteiger partial charge is 0.475 e. The minimum Gasteiger partial charge on any atom is -0.475 e. The van der Waals surface area contributed by atoms with E-state index in [2.05, 4.69) is 29.7 Å². The van der Waals surface area contributed by atoms with E-state index in [1.165, 1.54) is 22.7 Å². The van der Waals surface area contributed by atoms with Crippen LogP contribution in [0, 0.1) is 6.92 Å². The number of nitrogens with zero attached hydrogens (tertiary/aromatic N) is 1. The zero-order valence-electron chi connectivity index (χ0n) is 15.6. The molecule has 0 saturated carbocycles. The number of benzene rings is 1. The maximum atomic E-state index is 11.5. The number of thiazole rings is 1. The summed E-state index contributed by atoms with van der Waals surface area (Å²) < 4.78 is 31.7. The van der Waals surface area contributed by atoms with Crippen LogP contribution in [0.5, 0.6) is 0 Å². The van der Waals surface area contributed by atoms with E-state index in [9.17, 15) is 18.0 Å². The number of amides is 1. The summed E-state index contributed by atoms with van der Waals surface area (Å²) in [7, 11) is 0. The molecule has 0 unspecified atom stereocenters. The van der Waals surface area contributed by atoms with Gasteiger partial charge < -0.3 is 15.7 Å². The third kappa shape index (κ3) is 5.13. The minimum absolute atomic E-state index is 0.0811. The predicted molar refractivity (Wildman–Crippen MR) is 103 cm³/mol. The molecular formula is C19H20F3N3O3S. The number of aliphatic carboxylic acids is 1. The Kier molecular flexibility index (Phi) is 6.23. The second-order valence-electron chi connectivity index (χ2n) is 6.88. The Morgan fingerprint density at radius 1 is 1.28 bits per heavy atom. The van der Waals surface area contributed by atoms with Crippen LogP contribution in [0.25, 0.3) is 11.3 Å². The van der Waals surface area contributed by atoms with Crippen LogP contribution >= 0.6 is 11.3 Å². The van der Waals surface area contributed by atoms with E-state index in [-0.39, 0.29) is 5.91 Å². The van der Waals surface area contributed by atoms with E-state index in [1.54, 1.807) is 0 Å². The first-order chi connectivity index (χ1) is 13.6. The molecule has 3 N–H and O–H groups in total. The number of anilines is 1. The lowest BCUT2D eigenvalue weighted by atomic mass is 9.99. The Labute approximate surface area is 169 Å². The maximum Gasteiger partial charge on any atom is 0.490 e. The van der Waals surface area contributed by atoms with Crippen LogP contribution in [0.4, 0.5) is 18.9 Å². The monoisotopic (exact) mass is 427 g/mol. The molecule has 156 valence electrons.